The van der Waals surface area contributed by atoms with E-state index in [0.29, 0.717) is 6.04 Å². The molecule has 1 nitrogen and oxygen atoms in total. The van der Waals surface area contributed by atoms with Crippen LogP contribution in [0.4, 0.5) is 0 Å². The van der Waals surface area contributed by atoms with Gasteiger partial charge in [0.2, 0.25) is 0 Å². The van der Waals surface area contributed by atoms with Gasteiger partial charge >= 0.3 is 0 Å². The number of unbranched alkanes of at least 4 members (excludes halogenated alkanes) is 1. The Balaban J connectivity index is 1.71. The molecule has 0 bridgehead atoms. The SMILES string of the molecule is INC(CCCCC1=CCCS1)c1ccccc1. The van der Waals surface area contributed by atoms with E-state index < -0.39 is 0 Å². The minimum absolute atomic E-state index is 0.497. The molecule has 1 aromatic rings. The maximum absolute atomic E-state index is 3.40. The Kier molecular flexibility index (Phi) is 6.59. The van der Waals surface area contributed by atoms with Crippen LogP contribution in [-0.4, -0.2) is 5.75 Å². The standard InChI is InChI=1S/C15H20INS/c16-17-15(13-7-2-1-3-8-13)11-5-4-9-14-10-6-12-18-14/h1-3,7-8,10,15,17H,4-6,9,11-12H2. The highest BCUT2D eigenvalue weighted by Crippen LogP contribution is 2.30. The first-order valence-corrected chi connectivity index (χ1v) is 8.69. The third-order valence-electron chi connectivity index (χ3n) is 3.28. The summed E-state index contributed by atoms with van der Waals surface area (Å²) >= 11 is 4.32. The molecule has 1 aliphatic heterocycles. The number of halogens is 1. The Morgan fingerprint density at radius 3 is 2.72 bits per heavy atom. The molecule has 98 valence electrons. The number of hydrogen-bond acceptors (Lipinski definition) is 2. The summed E-state index contributed by atoms with van der Waals surface area (Å²) in [5.74, 6) is 1.30. The van der Waals surface area contributed by atoms with Crippen LogP contribution in [0.3, 0.4) is 0 Å². The number of allylic oxidation sites excluding steroid dienone is 2. The second kappa shape index (κ2) is 8.23. The molecule has 2 rings (SSSR count). The van der Waals surface area contributed by atoms with Crippen LogP contribution in [0, 0.1) is 0 Å². The highest BCUT2D eigenvalue weighted by atomic mass is 127. The van der Waals surface area contributed by atoms with Crippen molar-refractivity contribution in [3.05, 3.63) is 46.9 Å². The lowest BCUT2D eigenvalue weighted by atomic mass is 10.0. The minimum Gasteiger partial charge on any atom is -0.254 e. The molecule has 0 saturated heterocycles. The van der Waals surface area contributed by atoms with E-state index in [4.69, 9.17) is 0 Å². The summed E-state index contributed by atoms with van der Waals surface area (Å²) < 4.78 is 3.40. The minimum atomic E-state index is 0.497. The first kappa shape index (κ1) is 14.4. The molecule has 1 N–H and O–H groups in total. The lowest BCUT2D eigenvalue weighted by Crippen LogP contribution is -2.10. The van der Waals surface area contributed by atoms with E-state index in [9.17, 15) is 0 Å². The third kappa shape index (κ3) is 4.59. The van der Waals surface area contributed by atoms with Gasteiger partial charge in [0, 0.05) is 34.7 Å². The molecule has 18 heavy (non-hydrogen) atoms. The van der Waals surface area contributed by atoms with Gasteiger partial charge in [-0.05, 0) is 36.2 Å². The highest BCUT2D eigenvalue weighted by Gasteiger charge is 2.09. The van der Waals surface area contributed by atoms with Crippen molar-refractivity contribution in [1.29, 1.82) is 0 Å². The first-order valence-electron chi connectivity index (χ1n) is 6.63. The Morgan fingerprint density at radius 1 is 1.22 bits per heavy atom. The van der Waals surface area contributed by atoms with Gasteiger partial charge in [-0.1, -0.05) is 42.8 Å². The van der Waals surface area contributed by atoms with E-state index in [2.05, 4.69) is 62.8 Å². The number of rotatable bonds is 7. The van der Waals surface area contributed by atoms with E-state index in [1.807, 2.05) is 11.8 Å². The predicted octanol–water partition coefficient (Wildman–Crippen LogP) is 5.25. The molecule has 0 amide bonds. The summed E-state index contributed by atoms with van der Waals surface area (Å²) in [6.45, 7) is 0. The van der Waals surface area contributed by atoms with Crippen LogP contribution in [0.1, 0.15) is 43.7 Å². The molecule has 0 radical (unpaired) electrons. The van der Waals surface area contributed by atoms with Crippen molar-refractivity contribution < 1.29 is 0 Å². The Labute approximate surface area is 128 Å². The van der Waals surface area contributed by atoms with Gasteiger partial charge in [-0.25, -0.2) is 0 Å². The molecule has 3 heteroatoms. The molecule has 1 heterocycles. The highest BCUT2D eigenvalue weighted by molar-refractivity contribution is 14.1. The van der Waals surface area contributed by atoms with Crippen LogP contribution in [0.2, 0.25) is 0 Å². The molecular formula is C15H20INS. The van der Waals surface area contributed by atoms with E-state index in [1.165, 1.54) is 43.4 Å². The lowest BCUT2D eigenvalue weighted by molar-refractivity contribution is 0.572. The quantitative estimate of drug-likeness (QED) is 0.398. The smallest absolute Gasteiger partial charge is 0.0413 e. The molecule has 0 saturated carbocycles. The largest absolute Gasteiger partial charge is 0.254 e. The summed E-state index contributed by atoms with van der Waals surface area (Å²) in [5.41, 5.74) is 1.40. The van der Waals surface area contributed by atoms with Crippen LogP contribution < -0.4 is 3.53 Å². The Bertz CT molecular complexity index is 377. The van der Waals surface area contributed by atoms with Crippen LogP contribution in [-0.2, 0) is 0 Å². The van der Waals surface area contributed by atoms with E-state index in [-0.39, 0.29) is 0 Å². The van der Waals surface area contributed by atoms with Gasteiger partial charge in [0.1, 0.15) is 0 Å². The van der Waals surface area contributed by atoms with Gasteiger partial charge in [0.05, 0.1) is 0 Å². The van der Waals surface area contributed by atoms with Crippen LogP contribution >= 0.6 is 34.6 Å². The molecule has 1 aliphatic rings. The maximum Gasteiger partial charge on any atom is 0.0413 e. The normalized spacial score (nSPS) is 16.6. The van der Waals surface area contributed by atoms with Crippen molar-refractivity contribution >= 4 is 34.6 Å². The molecule has 1 aromatic carbocycles. The first-order chi connectivity index (χ1) is 8.90. The molecule has 0 aromatic heterocycles. The van der Waals surface area contributed by atoms with E-state index >= 15 is 0 Å². The molecule has 0 spiro atoms. The van der Waals surface area contributed by atoms with E-state index in [0.717, 1.165) is 0 Å². The average Bonchev–Trinajstić information content (AvgIpc) is 2.93. The molecule has 0 fully saturated rings. The van der Waals surface area contributed by atoms with Crippen molar-refractivity contribution in [2.24, 2.45) is 0 Å². The van der Waals surface area contributed by atoms with Crippen LogP contribution in [0.5, 0.6) is 0 Å². The van der Waals surface area contributed by atoms with Gasteiger partial charge in [0.15, 0.2) is 0 Å². The Morgan fingerprint density at radius 2 is 2.06 bits per heavy atom. The summed E-state index contributed by atoms with van der Waals surface area (Å²) in [6.07, 6.45) is 8.82. The van der Waals surface area contributed by atoms with Crippen molar-refractivity contribution in [1.82, 2.24) is 3.53 Å². The zero-order valence-electron chi connectivity index (χ0n) is 10.6. The van der Waals surface area contributed by atoms with Gasteiger partial charge < -0.3 is 0 Å². The summed E-state index contributed by atoms with van der Waals surface area (Å²) in [6, 6.07) is 11.2. The average molecular weight is 373 g/mol. The van der Waals surface area contributed by atoms with Gasteiger partial charge in [-0.2, -0.15) is 0 Å². The fourth-order valence-corrected chi connectivity index (χ4v) is 3.95. The molecule has 0 aliphatic carbocycles. The summed E-state index contributed by atoms with van der Waals surface area (Å²) in [7, 11) is 0. The number of thioether (sulfide) groups is 1. The second-order valence-electron chi connectivity index (χ2n) is 4.63. The predicted molar refractivity (Wildman–Crippen MR) is 90.0 cm³/mol. The Hall–Kier alpha value is -0.000000000000000111. The van der Waals surface area contributed by atoms with Gasteiger partial charge in [0.25, 0.3) is 0 Å². The number of hydrogen-bond donors (Lipinski definition) is 1. The fourth-order valence-electron chi connectivity index (χ4n) is 2.26. The molecular weight excluding hydrogens is 353 g/mol. The van der Waals surface area contributed by atoms with Crippen LogP contribution in [0.25, 0.3) is 0 Å². The zero-order chi connectivity index (χ0) is 12.6. The number of benzene rings is 1. The second-order valence-corrected chi connectivity index (χ2v) is 6.47. The summed E-state index contributed by atoms with van der Waals surface area (Å²) in [5, 5.41) is 0. The monoisotopic (exact) mass is 373 g/mol. The zero-order valence-corrected chi connectivity index (χ0v) is 13.5. The topological polar surface area (TPSA) is 12.0 Å². The van der Waals surface area contributed by atoms with Crippen LogP contribution in [0.15, 0.2) is 41.3 Å². The fraction of sp³-hybridized carbons (Fsp3) is 0.467. The number of nitrogens with one attached hydrogen (secondary N) is 1. The molecule has 1 unspecified atom stereocenters. The van der Waals surface area contributed by atoms with Crippen molar-refractivity contribution in [2.45, 2.75) is 38.1 Å². The maximum atomic E-state index is 3.40. The van der Waals surface area contributed by atoms with Gasteiger partial charge in [-0.15, -0.1) is 11.8 Å². The molecule has 1 atom stereocenters. The van der Waals surface area contributed by atoms with Gasteiger partial charge in [-0.3, -0.25) is 3.53 Å². The summed E-state index contributed by atoms with van der Waals surface area (Å²) in [4.78, 5) is 1.62. The van der Waals surface area contributed by atoms with E-state index in [1.54, 1.807) is 4.91 Å². The third-order valence-corrected chi connectivity index (χ3v) is 5.21. The van der Waals surface area contributed by atoms with Crippen molar-refractivity contribution in [2.75, 3.05) is 5.75 Å². The van der Waals surface area contributed by atoms with Crippen molar-refractivity contribution in [3.63, 3.8) is 0 Å². The van der Waals surface area contributed by atoms with Crippen molar-refractivity contribution in [3.8, 4) is 0 Å². The lowest BCUT2D eigenvalue weighted by Gasteiger charge is -2.15.